The van der Waals surface area contributed by atoms with E-state index in [4.69, 9.17) is 11.6 Å². The van der Waals surface area contributed by atoms with Crippen LogP contribution in [0.25, 0.3) is 16.2 Å². The third-order valence-corrected chi connectivity index (χ3v) is 7.72. The molecular formula is C23H27ClN2O2S. The van der Waals surface area contributed by atoms with Crippen LogP contribution in [-0.4, -0.2) is 47.8 Å². The molecule has 0 N–H and O–H groups in total. The van der Waals surface area contributed by atoms with E-state index in [1.54, 1.807) is 17.4 Å². The number of hydrogen-bond acceptors (Lipinski definition) is 3. The van der Waals surface area contributed by atoms with Crippen LogP contribution in [0, 0.1) is 11.8 Å². The molecule has 29 heavy (non-hydrogen) atoms. The standard InChI is InChI=1S/C23H27ClN2O2S/c1-16-5-4-12-26(15-16)23(28)17-10-13-25(14-11-17)21(27)9-8-20-22(24)18-6-2-3-7-19(18)29-20/h2-3,6-9,16-17H,4-5,10-15H2,1H3/b9-8+. The summed E-state index contributed by atoms with van der Waals surface area (Å²) in [6.07, 6.45) is 7.27. The molecule has 2 aliphatic rings. The summed E-state index contributed by atoms with van der Waals surface area (Å²) in [6.45, 7) is 5.28. The van der Waals surface area contributed by atoms with E-state index in [0.717, 1.165) is 47.3 Å². The Morgan fingerprint density at radius 2 is 1.86 bits per heavy atom. The molecule has 2 amide bonds. The van der Waals surface area contributed by atoms with Gasteiger partial charge in [-0.05, 0) is 43.7 Å². The predicted molar refractivity (Wildman–Crippen MR) is 120 cm³/mol. The van der Waals surface area contributed by atoms with E-state index in [-0.39, 0.29) is 17.7 Å². The van der Waals surface area contributed by atoms with Crippen molar-refractivity contribution in [2.45, 2.75) is 32.6 Å². The number of halogens is 1. The molecule has 0 bridgehead atoms. The van der Waals surface area contributed by atoms with E-state index in [1.165, 1.54) is 6.42 Å². The number of fused-ring (bicyclic) bond motifs is 1. The molecule has 1 aromatic heterocycles. The zero-order chi connectivity index (χ0) is 20.4. The van der Waals surface area contributed by atoms with Gasteiger partial charge in [0.05, 0.1) is 5.02 Å². The Hall–Kier alpha value is -1.85. The molecule has 3 heterocycles. The lowest BCUT2D eigenvalue weighted by atomic mass is 9.92. The highest BCUT2D eigenvalue weighted by atomic mass is 35.5. The second-order valence-corrected chi connectivity index (χ2v) is 9.70. The third-order valence-electron chi connectivity index (χ3n) is 6.06. The maximum Gasteiger partial charge on any atom is 0.246 e. The molecule has 1 aromatic carbocycles. The minimum atomic E-state index is -0.00369. The van der Waals surface area contributed by atoms with E-state index in [2.05, 4.69) is 6.92 Å². The Morgan fingerprint density at radius 3 is 2.59 bits per heavy atom. The van der Waals surface area contributed by atoms with Crippen molar-refractivity contribution in [1.29, 1.82) is 0 Å². The summed E-state index contributed by atoms with van der Waals surface area (Å²) in [4.78, 5) is 30.2. The van der Waals surface area contributed by atoms with Crippen LogP contribution in [0.15, 0.2) is 30.3 Å². The van der Waals surface area contributed by atoms with Crippen LogP contribution < -0.4 is 0 Å². The average Bonchev–Trinajstić information content (AvgIpc) is 3.07. The predicted octanol–water partition coefficient (Wildman–Crippen LogP) is 5.07. The number of thiophene rings is 1. The highest BCUT2D eigenvalue weighted by Gasteiger charge is 2.31. The molecule has 2 saturated heterocycles. The summed E-state index contributed by atoms with van der Waals surface area (Å²) < 4.78 is 1.12. The Bertz CT molecular complexity index is 930. The first kappa shape index (κ1) is 20.4. The minimum absolute atomic E-state index is 0.00369. The lowest BCUT2D eigenvalue weighted by molar-refractivity contribution is -0.140. The minimum Gasteiger partial charge on any atom is -0.342 e. The van der Waals surface area contributed by atoms with Crippen LogP contribution in [0.3, 0.4) is 0 Å². The second-order valence-electron chi connectivity index (χ2n) is 8.24. The quantitative estimate of drug-likeness (QED) is 0.638. The molecule has 6 heteroatoms. The Labute approximate surface area is 181 Å². The van der Waals surface area contributed by atoms with Crippen molar-refractivity contribution in [1.82, 2.24) is 9.80 Å². The lowest BCUT2D eigenvalue weighted by Gasteiger charge is -2.37. The van der Waals surface area contributed by atoms with Crippen molar-refractivity contribution in [3.05, 3.63) is 40.2 Å². The van der Waals surface area contributed by atoms with Gasteiger partial charge in [0.15, 0.2) is 0 Å². The van der Waals surface area contributed by atoms with Gasteiger partial charge in [0.1, 0.15) is 0 Å². The summed E-state index contributed by atoms with van der Waals surface area (Å²) in [5.41, 5.74) is 0. The van der Waals surface area contributed by atoms with Gasteiger partial charge in [-0.15, -0.1) is 11.3 Å². The summed E-state index contributed by atoms with van der Waals surface area (Å²) in [5, 5.41) is 1.73. The van der Waals surface area contributed by atoms with Crippen LogP contribution in [0.1, 0.15) is 37.5 Å². The van der Waals surface area contributed by atoms with Crippen molar-refractivity contribution in [3.8, 4) is 0 Å². The molecule has 0 aliphatic carbocycles. The molecule has 1 unspecified atom stereocenters. The van der Waals surface area contributed by atoms with Gasteiger partial charge in [0.2, 0.25) is 11.8 Å². The number of hydrogen-bond donors (Lipinski definition) is 0. The van der Waals surface area contributed by atoms with Crippen molar-refractivity contribution >= 4 is 50.9 Å². The molecule has 0 radical (unpaired) electrons. The largest absolute Gasteiger partial charge is 0.342 e. The van der Waals surface area contributed by atoms with Gasteiger partial charge in [-0.1, -0.05) is 36.7 Å². The second kappa shape index (κ2) is 8.88. The molecule has 4 nitrogen and oxygen atoms in total. The first-order chi connectivity index (χ1) is 14.0. The number of nitrogens with zero attached hydrogens (tertiary/aromatic N) is 2. The van der Waals surface area contributed by atoms with E-state index < -0.39 is 0 Å². The summed E-state index contributed by atoms with van der Waals surface area (Å²) in [5.74, 6) is 0.942. The van der Waals surface area contributed by atoms with E-state index >= 15 is 0 Å². The highest BCUT2D eigenvalue weighted by molar-refractivity contribution is 7.20. The number of rotatable bonds is 3. The van der Waals surface area contributed by atoms with Crippen LogP contribution in [-0.2, 0) is 9.59 Å². The number of benzene rings is 1. The first-order valence-corrected chi connectivity index (χ1v) is 11.6. The number of amides is 2. The smallest absolute Gasteiger partial charge is 0.246 e. The summed E-state index contributed by atoms with van der Waals surface area (Å²) in [6, 6.07) is 7.99. The van der Waals surface area contributed by atoms with E-state index in [0.29, 0.717) is 24.0 Å². The van der Waals surface area contributed by atoms with Gasteiger partial charge in [0, 0.05) is 53.1 Å². The van der Waals surface area contributed by atoms with Crippen molar-refractivity contribution in [2.24, 2.45) is 11.8 Å². The topological polar surface area (TPSA) is 40.6 Å². The summed E-state index contributed by atoms with van der Waals surface area (Å²) >= 11 is 8.05. The normalized spacial score (nSPS) is 21.2. The third kappa shape index (κ3) is 4.51. The number of carbonyl (C=O) groups is 2. The van der Waals surface area contributed by atoms with Crippen molar-refractivity contribution < 1.29 is 9.59 Å². The molecule has 4 rings (SSSR count). The van der Waals surface area contributed by atoms with Gasteiger partial charge in [-0.3, -0.25) is 9.59 Å². The number of piperidine rings is 2. The van der Waals surface area contributed by atoms with Gasteiger partial charge >= 0.3 is 0 Å². The van der Waals surface area contributed by atoms with Crippen LogP contribution in [0.2, 0.25) is 5.02 Å². The number of carbonyl (C=O) groups excluding carboxylic acids is 2. The lowest BCUT2D eigenvalue weighted by Crippen LogP contribution is -2.46. The Balaban J connectivity index is 1.33. The fourth-order valence-corrected chi connectivity index (χ4v) is 5.79. The maximum atomic E-state index is 12.8. The van der Waals surface area contributed by atoms with Crippen LogP contribution in [0.4, 0.5) is 0 Å². The molecule has 2 fully saturated rings. The van der Waals surface area contributed by atoms with E-state index in [9.17, 15) is 9.59 Å². The SMILES string of the molecule is CC1CCCN(C(=O)C2CCN(C(=O)/C=C/c3sc4ccccc4c3Cl)CC2)C1. The van der Waals surface area contributed by atoms with Gasteiger partial charge in [0.25, 0.3) is 0 Å². The van der Waals surface area contributed by atoms with Gasteiger partial charge in [-0.2, -0.15) is 0 Å². The molecule has 154 valence electrons. The van der Waals surface area contributed by atoms with Gasteiger partial charge < -0.3 is 9.80 Å². The molecule has 2 aliphatic heterocycles. The fraction of sp³-hybridized carbons (Fsp3) is 0.478. The molecule has 0 saturated carbocycles. The van der Waals surface area contributed by atoms with Gasteiger partial charge in [-0.25, -0.2) is 0 Å². The van der Waals surface area contributed by atoms with Crippen LogP contribution in [0.5, 0.6) is 0 Å². The Kier molecular flexibility index (Phi) is 6.26. The monoisotopic (exact) mass is 430 g/mol. The van der Waals surface area contributed by atoms with Crippen LogP contribution >= 0.6 is 22.9 Å². The highest BCUT2D eigenvalue weighted by Crippen LogP contribution is 2.36. The summed E-state index contributed by atoms with van der Waals surface area (Å²) in [7, 11) is 0. The molecule has 1 atom stereocenters. The first-order valence-electron chi connectivity index (χ1n) is 10.5. The Morgan fingerprint density at radius 1 is 1.10 bits per heavy atom. The van der Waals surface area contributed by atoms with Crippen molar-refractivity contribution in [3.63, 3.8) is 0 Å². The average molecular weight is 431 g/mol. The number of likely N-dealkylation sites (tertiary alicyclic amines) is 2. The zero-order valence-electron chi connectivity index (χ0n) is 16.8. The van der Waals surface area contributed by atoms with Crippen molar-refractivity contribution in [2.75, 3.05) is 26.2 Å². The van der Waals surface area contributed by atoms with E-state index in [1.807, 2.05) is 40.1 Å². The molecule has 2 aromatic rings. The molecular weight excluding hydrogens is 404 g/mol. The maximum absolute atomic E-state index is 12.8. The molecule has 0 spiro atoms. The fourth-order valence-electron chi connectivity index (χ4n) is 4.39. The zero-order valence-corrected chi connectivity index (χ0v) is 18.3.